The van der Waals surface area contributed by atoms with Crippen LogP contribution in [-0.2, 0) is 0 Å². The van der Waals surface area contributed by atoms with Crippen molar-refractivity contribution in [3.63, 3.8) is 0 Å². The lowest BCUT2D eigenvalue weighted by molar-refractivity contribution is 0.346. The average Bonchev–Trinajstić information content (AvgIpc) is 2.18. The third-order valence-corrected chi connectivity index (χ3v) is 1.46. The third kappa shape index (κ3) is 1.99. The van der Waals surface area contributed by atoms with Crippen LogP contribution in [0.25, 0.3) is 0 Å². The number of nitrogens with two attached hydrogens (primary N) is 1. The number of thiocarbonyl (C=S) groups is 1. The average molecular weight is 243 g/mol. The summed E-state index contributed by atoms with van der Waals surface area (Å²) in [5, 5.41) is -0.863. The Balaban J connectivity index is 3.45. The van der Waals surface area contributed by atoms with Crippen molar-refractivity contribution >= 4 is 17.4 Å². The molecule has 0 bridgehead atoms. The summed E-state index contributed by atoms with van der Waals surface area (Å²) in [7, 11) is 0. The Hall–Kier alpha value is -1.44. The van der Waals surface area contributed by atoms with Gasteiger partial charge in [0, 0.05) is 0 Å². The van der Waals surface area contributed by atoms with Gasteiger partial charge in [0.15, 0.2) is 0 Å². The van der Waals surface area contributed by atoms with Crippen LogP contribution in [0.5, 0.6) is 5.75 Å². The highest BCUT2D eigenvalue weighted by molar-refractivity contribution is 7.80. The van der Waals surface area contributed by atoms with Crippen LogP contribution in [-0.4, -0.2) is 5.17 Å². The highest BCUT2D eigenvalue weighted by atomic mass is 32.1. The summed E-state index contributed by atoms with van der Waals surface area (Å²) in [6, 6.07) is 0. The Kier molecular flexibility index (Phi) is 3.08. The van der Waals surface area contributed by atoms with E-state index in [-0.39, 0.29) is 0 Å². The number of benzene rings is 1. The number of hydrogen-bond donors (Lipinski definition) is 1. The first-order chi connectivity index (χ1) is 6.86. The van der Waals surface area contributed by atoms with Crippen LogP contribution in [0.1, 0.15) is 0 Å². The second kappa shape index (κ2) is 3.97. The first kappa shape index (κ1) is 11.6. The minimum Gasteiger partial charge on any atom is -0.426 e. The van der Waals surface area contributed by atoms with Crippen LogP contribution in [0.2, 0.25) is 0 Å². The van der Waals surface area contributed by atoms with Crippen LogP contribution in [0, 0.1) is 29.1 Å². The molecule has 0 heterocycles. The quantitative estimate of drug-likeness (QED) is 0.354. The molecule has 0 aliphatic carbocycles. The van der Waals surface area contributed by atoms with E-state index in [2.05, 4.69) is 17.0 Å². The van der Waals surface area contributed by atoms with E-state index in [0.717, 1.165) is 0 Å². The molecule has 2 N–H and O–H groups in total. The lowest BCUT2D eigenvalue weighted by Gasteiger charge is -2.07. The van der Waals surface area contributed by atoms with E-state index in [9.17, 15) is 22.0 Å². The van der Waals surface area contributed by atoms with E-state index >= 15 is 0 Å². The molecule has 0 aliphatic rings. The fourth-order valence-electron chi connectivity index (χ4n) is 0.775. The van der Waals surface area contributed by atoms with Crippen molar-refractivity contribution in [3.05, 3.63) is 29.1 Å². The SMILES string of the molecule is NC(=S)Oc1c(F)c(F)c(F)c(F)c1F. The van der Waals surface area contributed by atoms with Crippen LogP contribution in [0.15, 0.2) is 0 Å². The van der Waals surface area contributed by atoms with Crippen molar-refractivity contribution in [2.45, 2.75) is 0 Å². The van der Waals surface area contributed by atoms with E-state index in [1.165, 1.54) is 0 Å². The minimum absolute atomic E-state index is 0.863. The Morgan fingerprint density at radius 1 is 0.867 bits per heavy atom. The van der Waals surface area contributed by atoms with Gasteiger partial charge in [-0.15, -0.1) is 0 Å². The highest BCUT2D eigenvalue weighted by Crippen LogP contribution is 2.28. The van der Waals surface area contributed by atoms with Crippen LogP contribution < -0.4 is 10.5 Å². The van der Waals surface area contributed by atoms with Crippen LogP contribution in [0.3, 0.4) is 0 Å². The summed E-state index contributed by atoms with van der Waals surface area (Å²) < 4.78 is 67.2. The van der Waals surface area contributed by atoms with Crippen molar-refractivity contribution in [2.75, 3.05) is 0 Å². The van der Waals surface area contributed by atoms with Crippen LogP contribution >= 0.6 is 12.2 Å². The van der Waals surface area contributed by atoms with Gasteiger partial charge in [-0.3, -0.25) is 0 Å². The van der Waals surface area contributed by atoms with E-state index in [0.29, 0.717) is 0 Å². The molecule has 2 nitrogen and oxygen atoms in total. The Labute approximate surface area is 85.4 Å². The van der Waals surface area contributed by atoms with Gasteiger partial charge in [0.05, 0.1) is 0 Å². The maximum atomic E-state index is 12.8. The summed E-state index contributed by atoms with van der Waals surface area (Å²) in [4.78, 5) is 0. The number of halogens is 5. The predicted molar refractivity (Wildman–Crippen MR) is 43.6 cm³/mol. The molecule has 82 valence electrons. The molecule has 0 unspecified atom stereocenters. The van der Waals surface area contributed by atoms with Gasteiger partial charge in [0.25, 0.3) is 5.17 Å². The Morgan fingerprint density at radius 3 is 1.53 bits per heavy atom. The molecule has 0 saturated heterocycles. The van der Waals surface area contributed by atoms with Crippen LogP contribution in [0.4, 0.5) is 22.0 Å². The van der Waals surface area contributed by atoms with E-state index in [4.69, 9.17) is 5.73 Å². The second-order valence-corrected chi connectivity index (χ2v) is 2.72. The van der Waals surface area contributed by atoms with Gasteiger partial charge in [0.1, 0.15) is 0 Å². The first-order valence-corrected chi connectivity index (χ1v) is 3.75. The zero-order chi connectivity index (χ0) is 11.7. The number of ether oxygens (including phenoxy) is 1. The fraction of sp³-hybridized carbons (Fsp3) is 0. The topological polar surface area (TPSA) is 35.2 Å². The minimum atomic E-state index is -2.28. The van der Waals surface area contributed by atoms with Crippen molar-refractivity contribution in [1.29, 1.82) is 0 Å². The third-order valence-electron chi connectivity index (χ3n) is 1.37. The lowest BCUT2D eigenvalue weighted by atomic mass is 10.3. The Bertz CT molecular complexity index is 407. The standard InChI is InChI=1S/C7H2F5NOS/c8-1-2(9)4(11)6(14-7(13)15)5(12)3(1)10/h(H2,13,15). The zero-order valence-electron chi connectivity index (χ0n) is 6.78. The van der Waals surface area contributed by atoms with Crippen molar-refractivity contribution < 1.29 is 26.7 Å². The molecule has 1 aromatic rings. The molecular weight excluding hydrogens is 241 g/mol. The van der Waals surface area contributed by atoms with Gasteiger partial charge < -0.3 is 10.5 Å². The van der Waals surface area contributed by atoms with E-state index in [1.807, 2.05) is 0 Å². The van der Waals surface area contributed by atoms with Crippen molar-refractivity contribution in [2.24, 2.45) is 5.73 Å². The van der Waals surface area contributed by atoms with Crippen molar-refractivity contribution in [3.8, 4) is 5.75 Å². The molecule has 0 spiro atoms. The monoisotopic (exact) mass is 243 g/mol. The van der Waals surface area contributed by atoms with Gasteiger partial charge >= 0.3 is 0 Å². The van der Waals surface area contributed by atoms with E-state index < -0.39 is 40.0 Å². The van der Waals surface area contributed by atoms with Gasteiger partial charge in [-0.2, -0.15) is 8.78 Å². The van der Waals surface area contributed by atoms with Gasteiger partial charge in [0.2, 0.25) is 34.8 Å². The molecule has 0 amide bonds. The summed E-state index contributed by atoms with van der Waals surface area (Å²) in [6.07, 6.45) is 0. The molecular formula is C7H2F5NOS. The smallest absolute Gasteiger partial charge is 0.259 e. The molecule has 0 aromatic heterocycles. The molecule has 15 heavy (non-hydrogen) atoms. The summed E-state index contributed by atoms with van der Waals surface area (Å²) in [6.45, 7) is 0. The molecule has 0 fully saturated rings. The maximum Gasteiger partial charge on any atom is 0.259 e. The zero-order valence-corrected chi connectivity index (χ0v) is 7.60. The fourth-order valence-corrected chi connectivity index (χ4v) is 0.858. The van der Waals surface area contributed by atoms with E-state index in [1.54, 1.807) is 0 Å². The number of rotatable bonds is 1. The first-order valence-electron chi connectivity index (χ1n) is 3.35. The molecule has 1 aromatic carbocycles. The summed E-state index contributed by atoms with van der Waals surface area (Å²) in [5.41, 5.74) is 4.74. The summed E-state index contributed by atoms with van der Waals surface area (Å²) >= 11 is 4.10. The van der Waals surface area contributed by atoms with Gasteiger partial charge in [-0.1, -0.05) is 0 Å². The van der Waals surface area contributed by atoms with Crippen molar-refractivity contribution in [1.82, 2.24) is 0 Å². The second-order valence-electron chi connectivity index (χ2n) is 2.32. The molecule has 0 aliphatic heterocycles. The molecule has 0 atom stereocenters. The summed E-state index contributed by atoms with van der Waals surface area (Å²) in [5.74, 6) is -12.3. The lowest BCUT2D eigenvalue weighted by Crippen LogP contribution is -2.19. The molecule has 0 saturated carbocycles. The van der Waals surface area contributed by atoms with Gasteiger partial charge in [-0.05, 0) is 12.2 Å². The maximum absolute atomic E-state index is 12.8. The molecule has 1 rings (SSSR count). The normalized spacial score (nSPS) is 10.2. The van der Waals surface area contributed by atoms with Gasteiger partial charge in [-0.25, -0.2) is 13.2 Å². The Morgan fingerprint density at radius 2 is 1.20 bits per heavy atom. The predicted octanol–water partition coefficient (Wildman–Crippen LogP) is 2.00. The molecule has 0 radical (unpaired) electrons. The largest absolute Gasteiger partial charge is 0.426 e. The number of hydrogen-bond acceptors (Lipinski definition) is 2. The molecule has 8 heteroatoms. The highest BCUT2D eigenvalue weighted by Gasteiger charge is 2.27.